The molecule has 0 bridgehead atoms. The number of nitrogens with one attached hydrogen (secondary N) is 1. The summed E-state index contributed by atoms with van der Waals surface area (Å²) in [5, 5.41) is 2.48. The van der Waals surface area contributed by atoms with Gasteiger partial charge in [-0.2, -0.15) is 11.8 Å². The molecule has 0 saturated heterocycles. The summed E-state index contributed by atoms with van der Waals surface area (Å²) in [6.45, 7) is 2.89. The number of hydrogen-bond acceptors (Lipinski definition) is 2. The van der Waals surface area contributed by atoms with E-state index in [-0.39, 0.29) is 0 Å². The molecule has 0 spiro atoms. The zero-order chi connectivity index (χ0) is 6.95. The van der Waals surface area contributed by atoms with Crippen LogP contribution in [0.2, 0.25) is 0 Å². The Balaban J connectivity index is 2.66. The molecule has 0 atom stereocenters. The number of amides is 1. The third kappa shape index (κ3) is 7.82. The summed E-state index contributed by atoms with van der Waals surface area (Å²) in [4.78, 5) is 9.59. The van der Waals surface area contributed by atoms with E-state index in [0.29, 0.717) is 0 Å². The van der Waals surface area contributed by atoms with Gasteiger partial charge in [0.15, 0.2) is 0 Å². The summed E-state index contributed by atoms with van der Waals surface area (Å²) in [5.74, 6) is 2.18. The standard InChI is InChI=1S/C6H12NOS/c1-2-4-9-5-3-7-6-8/h2-5H2,1H3,(H,7,8). The van der Waals surface area contributed by atoms with Crippen LogP contribution in [0, 0.1) is 0 Å². The van der Waals surface area contributed by atoms with Crippen molar-refractivity contribution in [1.82, 2.24) is 5.32 Å². The van der Waals surface area contributed by atoms with Crippen molar-refractivity contribution in [2.45, 2.75) is 13.3 Å². The summed E-state index contributed by atoms with van der Waals surface area (Å²) in [6.07, 6.45) is 2.84. The first-order valence-electron chi connectivity index (χ1n) is 3.09. The van der Waals surface area contributed by atoms with Crippen LogP contribution < -0.4 is 5.32 Å². The van der Waals surface area contributed by atoms with Crippen LogP contribution in [0.25, 0.3) is 0 Å². The van der Waals surface area contributed by atoms with Gasteiger partial charge >= 0.3 is 6.41 Å². The smallest absolute Gasteiger partial charge is 0.309 e. The van der Waals surface area contributed by atoms with Crippen molar-refractivity contribution >= 4 is 18.2 Å². The van der Waals surface area contributed by atoms with E-state index in [1.807, 2.05) is 11.8 Å². The van der Waals surface area contributed by atoms with E-state index in [4.69, 9.17) is 0 Å². The van der Waals surface area contributed by atoms with E-state index < -0.39 is 0 Å². The highest BCUT2D eigenvalue weighted by Crippen LogP contribution is 1.98. The number of thioether (sulfide) groups is 1. The first-order valence-corrected chi connectivity index (χ1v) is 4.25. The van der Waals surface area contributed by atoms with Crippen molar-refractivity contribution in [2.24, 2.45) is 0 Å². The molecule has 0 saturated carbocycles. The third-order valence-corrected chi connectivity index (χ3v) is 1.98. The monoisotopic (exact) mass is 146 g/mol. The molecule has 0 aliphatic carbocycles. The van der Waals surface area contributed by atoms with Crippen LogP contribution in [0.1, 0.15) is 13.3 Å². The molecule has 0 aromatic rings. The summed E-state index contributed by atoms with van der Waals surface area (Å²) in [5.41, 5.74) is 0. The van der Waals surface area contributed by atoms with E-state index in [1.165, 1.54) is 12.2 Å². The van der Waals surface area contributed by atoms with E-state index in [2.05, 4.69) is 12.2 Å². The Kier molecular flexibility index (Phi) is 7.66. The molecule has 1 N–H and O–H groups in total. The Morgan fingerprint density at radius 3 is 2.89 bits per heavy atom. The zero-order valence-electron chi connectivity index (χ0n) is 5.64. The van der Waals surface area contributed by atoms with Crippen LogP contribution in [0.3, 0.4) is 0 Å². The molecular weight excluding hydrogens is 134 g/mol. The van der Waals surface area contributed by atoms with Crippen LogP contribution >= 0.6 is 11.8 Å². The van der Waals surface area contributed by atoms with Gasteiger partial charge < -0.3 is 5.32 Å². The van der Waals surface area contributed by atoms with Gasteiger partial charge in [0.05, 0.1) is 0 Å². The lowest BCUT2D eigenvalue weighted by Gasteiger charge is -1.95. The molecule has 9 heavy (non-hydrogen) atoms. The molecule has 0 fully saturated rings. The van der Waals surface area contributed by atoms with Crippen molar-refractivity contribution in [3.05, 3.63) is 0 Å². The van der Waals surface area contributed by atoms with Crippen molar-refractivity contribution in [3.63, 3.8) is 0 Å². The maximum absolute atomic E-state index is 9.59. The number of hydrogen-bond donors (Lipinski definition) is 1. The Bertz CT molecular complexity index is 68.1. The maximum Gasteiger partial charge on any atom is 0.309 e. The Labute approximate surface area is 60.4 Å². The molecule has 0 aliphatic rings. The fraction of sp³-hybridized carbons (Fsp3) is 0.833. The molecule has 53 valence electrons. The molecular formula is C6H12NOS. The quantitative estimate of drug-likeness (QED) is 0.443. The van der Waals surface area contributed by atoms with Crippen LogP contribution in [0.15, 0.2) is 0 Å². The SMILES string of the molecule is CCCSCCN[C]=O. The minimum atomic E-state index is 0.744. The fourth-order valence-electron chi connectivity index (χ4n) is 0.421. The van der Waals surface area contributed by atoms with Gasteiger partial charge in [-0.05, 0) is 12.2 Å². The maximum atomic E-state index is 9.59. The predicted molar refractivity (Wildman–Crippen MR) is 41.3 cm³/mol. The minimum absolute atomic E-state index is 0.744. The second-order valence-electron chi connectivity index (χ2n) is 1.64. The summed E-state index contributed by atoms with van der Waals surface area (Å²) in [6, 6.07) is 0. The highest BCUT2D eigenvalue weighted by Gasteiger charge is 1.84. The Hall–Kier alpha value is -0.180. The highest BCUT2D eigenvalue weighted by atomic mass is 32.2. The van der Waals surface area contributed by atoms with Crippen LogP contribution in [-0.4, -0.2) is 24.5 Å². The minimum Gasteiger partial charge on any atom is -0.347 e. The Morgan fingerprint density at radius 2 is 2.33 bits per heavy atom. The molecule has 3 heteroatoms. The Morgan fingerprint density at radius 1 is 1.56 bits per heavy atom. The van der Waals surface area contributed by atoms with Gasteiger partial charge in [-0.25, -0.2) is 0 Å². The van der Waals surface area contributed by atoms with Crippen molar-refractivity contribution in [2.75, 3.05) is 18.1 Å². The van der Waals surface area contributed by atoms with Gasteiger partial charge in [-0.3, -0.25) is 4.79 Å². The van der Waals surface area contributed by atoms with Crippen molar-refractivity contribution < 1.29 is 4.79 Å². The zero-order valence-corrected chi connectivity index (χ0v) is 6.46. The summed E-state index contributed by atoms with van der Waals surface area (Å²) in [7, 11) is 0. The van der Waals surface area contributed by atoms with Gasteiger partial charge in [0.2, 0.25) is 0 Å². The topological polar surface area (TPSA) is 29.1 Å². The average Bonchev–Trinajstić information content (AvgIpc) is 1.89. The highest BCUT2D eigenvalue weighted by molar-refractivity contribution is 7.99. The number of carbonyl (C=O) groups excluding carboxylic acids is 1. The van der Waals surface area contributed by atoms with Gasteiger partial charge in [-0.1, -0.05) is 6.92 Å². The van der Waals surface area contributed by atoms with Gasteiger partial charge in [0, 0.05) is 12.3 Å². The molecule has 1 amide bonds. The van der Waals surface area contributed by atoms with Gasteiger partial charge in [-0.15, -0.1) is 0 Å². The van der Waals surface area contributed by atoms with Gasteiger partial charge in [0.25, 0.3) is 0 Å². The lowest BCUT2D eigenvalue weighted by atomic mass is 10.6. The first-order chi connectivity index (χ1) is 4.41. The van der Waals surface area contributed by atoms with Crippen LogP contribution in [0.5, 0.6) is 0 Å². The molecule has 0 aromatic carbocycles. The van der Waals surface area contributed by atoms with Crippen LogP contribution in [0.4, 0.5) is 0 Å². The second-order valence-corrected chi connectivity index (χ2v) is 2.87. The largest absolute Gasteiger partial charge is 0.347 e. The average molecular weight is 146 g/mol. The normalized spacial score (nSPS) is 9.00. The molecule has 0 unspecified atom stereocenters. The molecule has 0 rings (SSSR count). The molecule has 0 aliphatic heterocycles. The van der Waals surface area contributed by atoms with E-state index in [1.54, 1.807) is 6.41 Å². The van der Waals surface area contributed by atoms with E-state index in [0.717, 1.165) is 12.3 Å². The molecule has 0 aromatic heterocycles. The third-order valence-electron chi connectivity index (χ3n) is 0.792. The van der Waals surface area contributed by atoms with E-state index >= 15 is 0 Å². The van der Waals surface area contributed by atoms with Crippen molar-refractivity contribution in [1.29, 1.82) is 0 Å². The van der Waals surface area contributed by atoms with Crippen molar-refractivity contribution in [3.8, 4) is 0 Å². The second kappa shape index (κ2) is 7.82. The predicted octanol–water partition coefficient (Wildman–Crippen LogP) is 0.786. The lowest BCUT2D eigenvalue weighted by Crippen LogP contribution is -2.14. The number of rotatable bonds is 6. The fourth-order valence-corrected chi connectivity index (χ4v) is 1.16. The molecule has 1 radical (unpaired) electrons. The van der Waals surface area contributed by atoms with Crippen LogP contribution in [-0.2, 0) is 4.79 Å². The first kappa shape index (κ1) is 8.82. The molecule has 2 nitrogen and oxygen atoms in total. The van der Waals surface area contributed by atoms with Gasteiger partial charge in [0.1, 0.15) is 0 Å². The lowest BCUT2D eigenvalue weighted by molar-refractivity contribution is 0.544. The summed E-state index contributed by atoms with van der Waals surface area (Å²) < 4.78 is 0. The van der Waals surface area contributed by atoms with E-state index in [9.17, 15) is 4.79 Å². The summed E-state index contributed by atoms with van der Waals surface area (Å²) >= 11 is 1.85. The molecule has 0 heterocycles.